The van der Waals surface area contributed by atoms with E-state index in [1.54, 1.807) is 38.1 Å². The van der Waals surface area contributed by atoms with Crippen molar-refractivity contribution in [3.63, 3.8) is 0 Å². The molecular formula is C23H17ClN4O3S. The minimum atomic E-state index is -4.09. The number of nitriles is 1. The van der Waals surface area contributed by atoms with E-state index in [4.69, 9.17) is 16.9 Å². The van der Waals surface area contributed by atoms with Crippen molar-refractivity contribution in [2.24, 2.45) is 0 Å². The summed E-state index contributed by atoms with van der Waals surface area (Å²) in [5.74, 6) is -0.580. The zero-order valence-electron chi connectivity index (χ0n) is 17.1. The van der Waals surface area contributed by atoms with Gasteiger partial charge in [-0.25, -0.2) is 13.4 Å². The van der Waals surface area contributed by atoms with E-state index >= 15 is 0 Å². The Hall–Kier alpha value is -3.67. The Kier molecular flexibility index (Phi) is 5.46. The van der Waals surface area contributed by atoms with E-state index in [0.29, 0.717) is 21.5 Å². The van der Waals surface area contributed by atoms with Gasteiger partial charge in [0.25, 0.3) is 5.91 Å². The molecule has 0 bridgehead atoms. The van der Waals surface area contributed by atoms with Gasteiger partial charge in [0.15, 0.2) is 0 Å². The quantitative estimate of drug-likeness (QED) is 0.450. The average Bonchev–Trinajstić information content (AvgIpc) is 3.12. The lowest BCUT2D eigenvalue weighted by Crippen LogP contribution is -2.17. The summed E-state index contributed by atoms with van der Waals surface area (Å²) in [6.45, 7) is 3.61. The Morgan fingerprint density at radius 2 is 1.81 bits per heavy atom. The lowest BCUT2D eigenvalue weighted by atomic mass is 10.2. The van der Waals surface area contributed by atoms with Crippen LogP contribution in [0.3, 0.4) is 0 Å². The summed E-state index contributed by atoms with van der Waals surface area (Å²) in [7, 11) is -4.09. The number of halogens is 1. The molecule has 32 heavy (non-hydrogen) atoms. The highest BCUT2D eigenvalue weighted by Gasteiger charge is 2.30. The zero-order chi connectivity index (χ0) is 23.0. The predicted octanol–water partition coefficient (Wildman–Crippen LogP) is 4.79. The van der Waals surface area contributed by atoms with Gasteiger partial charge in [-0.1, -0.05) is 17.7 Å². The van der Waals surface area contributed by atoms with Crippen LogP contribution in [-0.2, 0) is 9.84 Å². The first kappa shape index (κ1) is 21.6. The molecule has 0 aliphatic heterocycles. The van der Waals surface area contributed by atoms with E-state index in [9.17, 15) is 13.2 Å². The highest BCUT2D eigenvalue weighted by atomic mass is 35.5. The molecule has 0 aliphatic rings. The van der Waals surface area contributed by atoms with Crippen molar-refractivity contribution in [3.05, 3.63) is 82.1 Å². The van der Waals surface area contributed by atoms with Crippen LogP contribution in [0.4, 0.5) is 5.82 Å². The van der Waals surface area contributed by atoms with Crippen molar-refractivity contribution in [1.82, 2.24) is 9.97 Å². The number of aromatic nitrogens is 2. The molecular weight excluding hydrogens is 448 g/mol. The Bertz CT molecular complexity index is 1510. The Balaban J connectivity index is 1.91. The molecule has 0 saturated carbocycles. The van der Waals surface area contributed by atoms with Crippen LogP contribution in [0.1, 0.15) is 27.2 Å². The number of anilines is 1. The molecule has 0 saturated heterocycles. The van der Waals surface area contributed by atoms with Crippen molar-refractivity contribution in [3.8, 4) is 6.07 Å². The van der Waals surface area contributed by atoms with Crippen molar-refractivity contribution >= 4 is 44.1 Å². The minimum absolute atomic E-state index is 0.0783. The zero-order valence-corrected chi connectivity index (χ0v) is 18.7. The molecule has 160 valence electrons. The first-order valence-electron chi connectivity index (χ1n) is 9.51. The summed E-state index contributed by atoms with van der Waals surface area (Å²) in [5, 5.41) is 12.3. The molecule has 2 aromatic heterocycles. The summed E-state index contributed by atoms with van der Waals surface area (Å²) in [6, 6.07) is 14.6. The SMILES string of the molecule is Cc1cc(C)cc(S(=O)(=O)c2c(C(=O)Nc3cc(C#N)ccn3)[nH]c3ccc(Cl)cc23)c1. The van der Waals surface area contributed by atoms with Gasteiger partial charge in [0.1, 0.15) is 16.4 Å². The van der Waals surface area contributed by atoms with E-state index in [2.05, 4.69) is 15.3 Å². The number of amides is 1. The summed E-state index contributed by atoms with van der Waals surface area (Å²) in [4.78, 5) is 20.0. The largest absolute Gasteiger partial charge is 0.349 e. The fourth-order valence-electron chi connectivity index (χ4n) is 3.53. The number of H-pyrrole nitrogens is 1. The summed E-state index contributed by atoms with van der Waals surface area (Å²) in [5.41, 5.74) is 2.17. The number of nitrogens with zero attached hydrogens (tertiary/aromatic N) is 2. The molecule has 0 unspecified atom stereocenters. The molecule has 2 heterocycles. The van der Waals surface area contributed by atoms with Gasteiger partial charge in [-0.15, -0.1) is 0 Å². The number of benzene rings is 2. The topological polar surface area (TPSA) is 116 Å². The lowest BCUT2D eigenvalue weighted by molar-refractivity contribution is 0.101. The molecule has 0 fully saturated rings. The molecule has 2 aromatic carbocycles. The molecule has 2 N–H and O–H groups in total. The average molecular weight is 465 g/mol. The van der Waals surface area contributed by atoms with Crippen LogP contribution in [0.15, 0.2) is 64.5 Å². The molecule has 9 heteroatoms. The smallest absolute Gasteiger partial charge is 0.274 e. The molecule has 1 amide bonds. The van der Waals surface area contributed by atoms with E-state index in [-0.39, 0.29) is 21.3 Å². The number of pyridine rings is 1. The third kappa shape index (κ3) is 3.96. The van der Waals surface area contributed by atoms with Gasteiger partial charge < -0.3 is 10.3 Å². The van der Waals surface area contributed by atoms with E-state index in [1.807, 2.05) is 12.1 Å². The third-order valence-corrected chi connectivity index (χ3v) is 6.90. The highest BCUT2D eigenvalue weighted by molar-refractivity contribution is 7.91. The predicted molar refractivity (Wildman–Crippen MR) is 122 cm³/mol. The minimum Gasteiger partial charge on any atom is -0.349 e. The van der Waals surface area contributed by atoms with Gasteiger partial charge in [-0.05, 0) is 67.4 Å². The monoisotopic (exact) mass is 464 g/mol. The van der Waals surface area contributed by atoms with Crippen LogP contribution >= 0.6 is 11.6 Å². The number of aromatic amines is 1. The Labute approximate surface area is 189 Å². The summed E-state index contributed by atoms with van der Waals surface area (Å²) < 4.78 is 27.4. The standard InChI is InChI=1S/C23H17ClN4O3S/c1-13-7-14(2)9-17(8-13)32(30,31)22-18-11-16(24)3-4-19(18)27-21(22)23(29)28-20-10-15(12-25)5-6-26-20/h3-11,27H,1-2H3,(H,26,28,29). The normalized spacial score (nSPS) is 11.3. The molecule has 0 radical (unpaired) electrons. The van der Waals surface area contributed by atoms with Gasteiger partial charge in [0.05, 0.1) is 16.5 Å². The lowest BCUT2D eigenvalue weighted by Gasteiger charge is -2.10. The molecule has 7 nitrogen and oxygen atoms in total. The van der Waals surface area contributed by atoms with E-state index in [0.717, 1.165) is 11.1 Å². The number of fused-ring (bicyclic) bond motifs is 1. The van der Waals surface area contributed by atoms with Crippen LogP contribution < -0.4 is 5.32 Å². The number of nitrogens with one attached hydrogen (secondary N) is 2. The maximum Gasteiger partial charge on any atom is 0.274 e. The van der Waals surface area contributed by atoms with E-state index in [1.165, 1.54) is 24.4 Å². The molecule has 4 aromatic rings. The number of sulfone groups is 1. The first-order chi connectivity index (χ1) is 15.2. The number of hydrogen-bond acceptors (Lipinski definition) is 5. The van der Waals surface area contributed by atoms with Gasteiger partial charge in [0.2, 0.25) is 9.84 Å². The molecule has 0 aliphatic carbocycles. The van der Waals surface area contributed by atoms with Crippen molar-refractivity contribution in [2.45, 2.75) is 23.6 Å². The molecule has 0 atom stereocenters. The van der Waals surface area contributed by atoms with Gasteiger partial charge in [-0.2, -0.15) is 5.26 Å². The second-order valence-corrected chi connectivity index (χ2v) is 9.66. The number of aryl methyl sites for hydroxylation is 2. The summed E-state index contributed by atoms with van der Waals surface area (Å²) in [6.07, 6.45) is 1.38. The fraction of sp³-hybridized carbons (Fsp3) is 0.0870. The number of carbonyl (C=O) groups excluding carboxylic acids is 1. The number of hydrogen-bond donors (Lipinski definition) is 2. The summed E-state index contributed by atoms with van der Waals surface area (Å²) >= 11 is 6.14. The fourth-order valence-corrected chi connectivity index (χ4v) is 5.49. The number of carbonyl (C=O) groups is 1. The second-order valence-electron chi connectivity index (χ2n) is 7.34. The van der Waals surface area contributed by atoms with Crippen LogP contribution in [0, 0.1) is 25.2 Å². The van der Waals surface area contributed by atoms with Crippen LogP contribution in [0.25, 0.3) is 10.9 Å². The van der Waals surface area contributed by atoms with Crippen LogP contribution in [0.2, 0.25) is 5.02 Å². The van der Waals surface area contributed by atoms with Gasteiger partial charge >= 0.3 is 0 Å². The second kappa shape index (κ2) is 8.11. The maximum absolute atomic E-state index is 13.7. The Morgan fingerprint density at radius 1 is 1.09 bits per heavy atom. The Morgan fingerprint density at radius 3 is 2.50 bits per heavy atom. The highest BCUT2D eigenvalue weighted by Crippen LogP contribution is 2.34. The van der Waals surface area contributed by atoms with E-state index < -0.39 is 15.7 Å². The number of rotatable bonds is 4. The van der Waals surface area contributed by atoms with Crippen molar-refractivity contribution in [1.29, 1.82) is 5.26 Å². The molecule has 0 spiro atoms. The maximum atomic E-state index is 13.7. The molecule has 4 rings (SSSR count). The van der Waals surface area contributed by atoms with Crippen molar-refractivity contribution < 1.29 is 13.2 Å². The first-order valence-corrected chi connectivity index (χ1v) is 11.4. The van der Waals surface area contributed by atoms with Crippen LogP contribution in [-0.4, -0.2) is 24.3 Å². The van der Waals surface area contributed by atoms with Crippen molar-refractivity contribution in [2.75, 3.05) is 5.32 Å². The van der Waals surface area contributed by atoms with Crippen LogP contribution in [0.5, 0.6) is 0 Å². The third-order valence-electron chi connectivity index (χ3n) is 4.84. The van der Waals surface area contributed by atoms with Gasteiger partial charge in [0, 0.05) is 22.1 Å². The van der Waals surface area contributed by atoms with Gasteiger partial charge in [-0.3, -0.25) is 4.79 Å².